The number of carbonyl (C=O) groups is 1. The molecule has 0 unspecified atom stereocenters. The largest absolute Gasteiger partial charge is 0.496 e. The number of para-hydroxylation sites is 1. The first-order valence-electron chi connectivity index (χ1n) is 8.08. The number of hydrogen-bond donors (Lipinski definition) is 2. The summed E-state index contributed by atoms with van der Waals surface area (Å²) in [5.74, 6) is 0.520. The molecule has 138 valence electrons. The number of ether oxygens (including phenoxy) is 1. The molecule has 7 heteroatoms. The molecule has 0 saturated heterocycles. The van der Waals surface area contributed by atoms with Crippen molar-refractivity contribution in [2.24, 2.45) is 0 Å². The van der Waals surface area contributed by atoms with Crippen molar-refractivity contribution in [2.45, 2.75) is 11.3 Å². The van der Waals surface area contributed by atoms with Gasteiger partial charge in [0.2, 0.25) is 10.0 Å². The second-order valence-electron chi connectivity index (χ2n) is 5.48. The lowest BCUT2D eigenvalue weighted by atomic mass is 10.1. The molecule has 26 heavy (non-hydrogen) atoms. The maximum Gasteiger partial charge on any atom is 0.251 e. The molecule has 0 aromatic heterocycles. The molecule has 0 bridgehead atoms. The fraction of sp³-hybridized carbons (Fsp3) is 0.211. The quantitative estimate of drug-likeness (QED) is 0.659. The van der Waals surface area contributed by atoms with E-state index in [9.17, 15) is 13.2 Å². The van der Waals surface area contributed by atoms with Crippen molar-refractivity contribution in [2.75, 3.05) is 20.2 Å². The minimum absolute atomic E-state index is 0.102. The van der Waals surface area contributed by atoms with E-state index >= 15 is 0 Å². The van der Waals surface area contributed by atoms with Crippen LogP contribution in [0, 0.1) is 0 Å². The van der Waals surface area contributed by atoms with Crippen LogP contribution in [0.25, 0.3) is 0 Å². The number of rotatable bonds is 9. The second kappa shape index (κ2) is 9.17. The van der Waals surface area contributed by atoms with Gasteiger partial charge in [-0.25, -0.2) is 13.1 Å². The van der Waals surface area contributed by atoms with E-state index in [4.69, 9.17) is 4.74 Å². The first-order chi connectivity index (χ1) is 12.5. The third-order valence-corrected chi connectivity index (χ3v) is 5.16. The van der Waals surface area contributed by atoms with Gasteiger partial charge in [-0.1, -0.05) is 24.3 Å². The van der Waals surface area contributed by atoms with Crippen LogP contribution in [0.1, 0.15) is 15.9 Å². The Labute approximate surface area is 153 Å². The number of benzene rings is 2. The molecule has 0 atom stereocenters. The summed E-state index contributed by atoms with van der Waals surface area (Å²) in [5.41, 5.74) is 1.40. The zero-order valence-corrected chi connectivity index (χ0v) is 15.4. The normalized spacial score (nSPS) is 11.0. The third kappa shape index (κ3) is 5.18. The monoisotopic (exact) mass is 374 g/mol. The minimum atomic E-state index is -3.59. The van der Waals surface area contributed by atoms with Gasteiger partial charge in [0.15, 0.2) is 0 Å². The highest BCUT2D eigenvalue weighted by Gasteiger charge is 2.14. The first-order valence-corrected chi connectivity index (χ1v) is 9.57. The molecule has 0 saturated carbocycles. The van der Waals surface area contributed by atoms with Crippen molar-refractivity contribution >= 4 is 15.9 Å². The van der Waals surface area contributed by atoms with Crippen LogP contribution in [0.2, 0.25) is 0 Å². The maximum absolute atomic E-state index is 12.2. The van der Waals surface area contributed by atoms with E-state index in [0.717, 1.165) is 11.3 Å². The Hall–Kier alpha value is -2.64. The number of amides is 1. The fourth-order valence-corrected chi connectivity index (χ4v) is 3.36. The Balaban J connectivity index is 1.94. The summed E-state index contributed by atoms with van der Waals surface area (Å²) in [6, 6.07) is 13.4. The molecule has 2 rings (SSSR count). The van der Waals surface area contributed by atoms with Crippen LogP contribution in [-0.4, -0.2) is 34.5 Å². The Kier molecular flexibility index (Phi) is 6.94. The van der Waals surface area contributed by atoms with E-state index < -0.39 is 10.0 Å². The lowest BCUT2D eigenvalue weighted by Crippen LogP contribution is -2.26. The second-order valence-corrected chi connectivity index (χ2v) is 7.25. The molecule has 0 fully saturated rings. The van der Waals surface area contributed by atoms with Crippen LogP contribution in [0.15, 0.2) is 66.1 Å². The van der Waals surface area contributed by atoms with Crippen LogP contribution < -0.4 is 14.8 Å². The van der Waals surface area contributed by atoms with E-state index in [0.29, 0.717) is 18.5 Å². The van der Waals surface area contributed by atoms with Crippen molar-refractivity contribution in [3.63, 3.8) is 0 Å². The standard InChI is InChI=1S/C19H22N2O4S/c1-3-13-21-26(23,24)17-10-8-16(9-11-17)19(22)20-14-12-15-6-4-5-7-18(15)25-2/h3-11,21H,1,12-14H2,2H3,(H,20,22). The molecule has 0 aliphatic carbocycles. The zero-order chi connectivity index (χ0) is 19.0. The zero-order valence-electron chi connectivity index (χ0n) is 14.6. The molecular formula is C19H22N2O4S. The molecule has 2 N–H and O–H groups in total. The van der Waals surface area contributed by atoms with Gasteiger partial charge in [0.1, 0.15) is 5.75 Å². The van der Waals surface area contributed by atoms with E-state index in [1.807, 2.05) is 24.3 Å². The number of methoxy groups -OCH3 is 1. The topological polar surface area (TPSA) is 84.5 Å². The van der Waals surface area contributed by atoms with Crippen molar-refractivity contribution in [3.05, 3.63) is 72.3 Å². The summed E-state index contributed by atoms with van der Waals surface area (Å²) in [5, 5.41) is 2.82. The minimum Gasteiger partial charge on any atom is -0.496 e. The average Bonchev–Trinajstić information content (AvgIpc) is 2.66. The summed E-state index contributed by atoms with van der Waals surface area (Å²) in [7, 11) is -1.98. The molecule has 0 heterocycles. The highest BCUT2D eigenvalue weighted by atomic mass is 32.2. The SMILES string of the molecule is C=CCNS(=O)(=O)c1ccc(C(=O)NCCc2ccccc2OC)cc1. The first kappa shape index (κ1) is 19.7. The summed E-state index contributed by atoms with van der Waals surface area (Å²) >= 11 is 0. The van der Waals surface area contributed by atoms with Crippen LogP contribution in [0.4, 0.5) is 0 Å². The average molecular weight is 374 g/mol. The van der Waals surface area contributed by atoms with Gasteiger partial charge in [0, 0.05) is 18.7 Å². The van der Waals surface area contributed by atoms with Crippen molar-refractivity contribution < 1.29 is 17.9 Å². The molecule has 0 spiro atoms. The smallest absolute Gasteiger partial charge is 0.251 e. The molecule has 2 aromatic rings. The van der Waals surface area contributed by atoms with E-state index in [2.05, 4.69) is 16.6 Å². The Bertz CT molecular complexity index is 861. The molecule has 6 nitrogen and oxygen atoms in total. The number of nitrogens with one attached hydrogen (secondary N) is 2. The molecule has 1 amide bonds. The predicted octanol–water partition coefficient (Wildman–Crippen LogP) is 2.13. The number of carbonyl (C=O) groups excluding carboxylic acids is 1. The summed E-state index contributed by atoms with van der Waals surface area (Å²) in [4.78, 5) is 12.3. The van der Waals surface area contributed by atoms with Gasteiger partial charge in [-0.3, -0.25) is 4.79 Å². The third-order valence-electron chi connectivity index (χ3n) is 3.72. The summed E-state index contributed by atoms with van der Waals surface area (Å²) in [6.45, 7) is 4.06. The lowest BCUT2D eigenvalue weighted by Gasteiger charge is -2.09. The lowest BCUT2D eigenvalue weighted by molar-refractivity contribution is 0.0954. The molecule has 2 aromatic carbocycles. The van der Waals surface area contributed by atoms with E-state index in [1.54, 1.807) is 7.11 Å². The van der Waals surface area contributed by atoms with Crippen molar-refractivity contribution in [1.82, 2.24) is 10.0 Å². The van der Waals surface area contributed by atoms with Crippen LogP contribution >= 0.6 is 0 Å². The van der Waals surface area contributed by atoms with Crippen molar-refractivity contribution in [3.8, 4) is 5.75 Å². The Morgan fingerprint density at radius 3 is 2.50 bits per heavy atom. The maximum atomic E-state index is 12.2. The van der Waals surface area contributed by atoms with Gasteiger partial charge in [-0.15, -0.1) is 6.58 Å². The molecule has 0 radical (unpaired) electrons. The number of sulfonamides is 1. The van der Waals surface area contributed by atoms with Gasteiger partial charge in [-0.05, 0) is 42.3 Å². The van der Waals surface area contributed by atoms with Gasteiger partial charge in [-0.2, -0.15) is 0 Å². The van der Waals surface area contributed by atoms with Crippen LogP contribution in [0.3, 0.4) is 0 Å². The van der Waals surface area contributed by atoms with E-state index in [-0.39, 0.29) is 17.3 Å². The molecule has 0 aliphatic heterocycles. The Morgan fingerprint density at radius 1 is 1.15 bits per heavy atom. The van der Waals surface area contributed by atoms with Gasteiger partial charge < -0.3 is 10.1 Å². The molecular weight excluding hydrogens is 352 g/mol. The number of hydrogen-bond acceptors (Lipinski definition) is 4. The highest BCUT2D eigenvalue weighted by molar-refractivity contribution is 7.89. The van der Waals surface area contributed by atoms with Crippen LogP contribution in [0.5, 0.6) is 5.75 Å². The van der Waals surface area contributed by atoms with Crippen molar-refractivity contribution in [1.29, 1.82) is 0 Å². The van der Waals surface area contributed by atoms with Gasteiger partial charge >= 0.3 is 0 Å². The summed E-state index contributed by atoms with van der Waals surface area (Å²) < 4.78 is 31.6. The Morgan fingerprint density at radius 2 is 1.85 bits per heavy atom. The summed E-state index contributed by atoms with van der Waals surface area (Å²) in [6.07, 6.45) is 2.09. The van der Waals surface area contributed by atoms with Gasteiger partial charge in [0.25, 0.3) is 5.91 Å². The van der Waals surface area contributed by atoms with E-state index in [1.165, 1.54) is 30.3 Å². The highest BCUT2D eigenvalue weighted by Crippen LogP contribution is 2.17. The fourth-order valence-electron chi connectivity index (χ4n) is 2.36. The van der Waals surface area contributed by atoms with Gasteiger partial charge in [0.05, 0.1) is 12.0 Å². The van der Waals surface area contributed by atoms with Crippen LogP contribution in [-0.2, 0) is 16.4 Å². The predicted molar refractivity (Wildman–Crippen MR) is 101 cm³/mol. The molecule has 0 aliphatic rings.